The van der Waals surface area contributed by atoms with Gasteiger partial charge in [-0.3, -0.25) is 0 Å². The molecular formula is C18H29N3OS. The molecular weight excluding hydrogens is 306 g/mol. The molecule has 0 radical (unpaired) electrons. The van der Waals surface area contributed by atoms with Crippen molar-refractivity contribution in [3.63, 3.8) is 0 Å². The van der Waals surface area contributed by atoms with Gasteiger partial charge in [-0.2, -0.15) is 0 Å². The normalized spacial score (nSPS) is 18.4. The summed E-state index contributed by atoms with van der Waals surface area (Å²) in [7, 11) is 0. The number of ether oxygens (including phenoxy) is 1. The number of hydrogen-bond donors (Lipinski definition) is 2. The first-order valence-corrected chi connectivity index (χ1v) is 9.09. The Balaban J connectivity index is 1.67. The van der Waals surface area contributed by atoms with Gasteiger partial charge in [0, 0.05) is 13.1 Å². The summed E-state index contributed by atoms with van der Waals surface area (Å²) in [5.41, 5.74) is 0.914. The van der Waals surface area contributed by atoms with Crippen molar-refractivity contribution in [3.8, 4) is 5.75 Å². The van der Waals surface area contributed by atoms with Gasteiger partial charge in [0.2, 0.25) is 0 Å². The van der Waals surface area contributed by atoms with Crippen molar-refractivity contribution in [2.45, 2.75) is 33.1 Å². The third kappa shape index (κ3) is 6.36. The van der Waals surface area contributed by atoms with Crippen molar-refractivity contribution >= 4 is 23.0 Å². The number of anilines is 1. The number of benzene rings is 1. The Morgan fingerprint density at radius 1 is 1.39 bits per heavy atom. The number of hydrogen-bond acceptors (Lipinski definition) is 3. The van der Waals surface area contributed by atoms with E-state index in [1.165, 1.54) is 25.9 Å². The van der Waals surface area contributed by atoms with Crippen LogP contribution in [0.1, 0.15) is 33.1 Å². The summed E-state index contributed by atoms with van der Waals surface area (Å²) in [6.45, 7) is 9.50. The van der Waals surface area contributed by atoms with Crippen LogP contribution >= 0.6 is 12.2 Å². The Bertz CT molecular complexity index is 495. The van der Waals surface area contributed by atoms with E-state index in [4.69, 9.17) is 17.0 Å². The van der Waals surface area contributed by atoms with Gasteiger partial charge in [-0.15, -0.1) is 0 Å². The van der Waals surface area contributed by atoms with Crippen molar-refractivity contribution in [3.05, 3.63) is 24.3 Å². The average molecular weight is 336 g/mol. The molecule has 1 aromatic rings. The topological polar surface area (TPSA) is 36.5 Å². The first kappa shape index (κ1) is 18.0. The quantitative estimate of drug-likeness (QED) is 0.589. The Morgan fingerprint density at radius 2 is 2.22 bits per heavy atom. The highest BCUT2D eigenvalue weighted by atomic mass is 32.1. The lowest BCUT2D eigenvalue weighted by Crippen LogP contribution is -2.37. The molecule has 2 rings (SSSR count). The van der Waals surface area contributed by atoms with Gasteiger partial charge < -0.3 is 20.3 Å². The van der Waals surface area contributed by atoms with Gasteiger partial charge >= 0.3 is 0 Å². The monoisotopic (exact) mass is 335 g/mol. The Hall–Kier alpha value is -1.33. The van der Waals surface area contributed by atoms with Crippen LogP contribution in [0.15, 0.2) is 24.3 Å². The fourth-order valence-corrected chi connectivity index (χ4v) is 3.22. The Morgan fingerprint density at radius 3 is 3.00 bits per heavy atom. The molecule has 1 aliphatic rings. The van der Waals surface area contributed by atoms with Gasteiger partial charge in [-0.25, -0.2) is 0 Å². The van der Waals surface area contributed by atoms with E-state index in [9.17, 15) is 0 Å². The maximum atomic E-state index is 5.60. The van der Waals surface area contributed by atoms with E-state index in [1.54, 1.807) is 0 Å². The molecule has 5 heteroatoms. The van der Waals surface area contributed by atoms with Crippen LogP contribution in [0.4, 0.5) is 5.69 Å². The lowest BCUT2D eigenvalue weighted by atomic mass is 10.0. The van der Waals surface area contributed by atoms with Crippen LogP contribution in [-0.4, -0.2) is 42.8 Å². The SMILES string of the molecule is CCOc1ccccc1NC(=S)NCCCN1CCCC(C)C1. The van der Waals surface area contributed by atoms with Crippen LogP contribution < -0.4 is 15.4 Å². The summed E-state index contributed by atoms with van der Waals surface area (Å²) < 4.78 is 5.60. The zero-order chi connectivity index (χ0) is 16.5. The predicted molar refractivity (Wildman–Crippen MR) is 101 cm³/mol. The maximum absolute atomic E-state index is 5.60. The van der Waals surface area contributed by atoms with E-state index in [2.05, 4.69) is 22.5 Å². The number of likely N-dealkylation sites (tertiary alicyclic amines) is 1. The van der Waals surface area contributed by atoms with Crippen LogP contribution in [-0.2, 0) is 0 Å². The summed E-state index contributed by atoms with van der Waals surface area (Å²) >= 11 is 5.38. The number of nitrogens with zero attached hydrogens (tertiary/aromatic N) is 1. The summed E-state index contributed by atoms with van der Waals surface area (Å²) in [6, 6.07) is 7.87. The van der Waals surface area contributed by atoms with E-state index in [0.29, 0.717) is 11.7 Å². The Labute approximate surface area is 145 Å². The van der Waals surface area contributed by atoms with Crippen LogP contribution in [0.5, 0.6) is 5.75 Å². The molecule has 2 N–H and O–H groups in total. The molecule has 0 aliphatic carbocycles. The molecule has 1 unspecified atom stereocenters. The molecule has 128 valence electrons. The molecule has 1 fully saturated rings. The van der Waals surface area contributed by atoms with Gasteiger partial charge in [-0.05, 0) is 69.5 Å². The average Bonchev–Trinajstić information content (AvgIpc) is 2.54. The fraction of sp³-hybridized carbons (Fsp3) is 0.611. The molecule has 0 aromatic heterocycles. The summed E-state index contributed by atoms with van der Waals surface area (Å²) in [6.07, 6.45) is 3.83. The minimum absolute atomic E-state index is 0.646. The van der Waals surface area contributed by atoms with E-state index < -0.39 is 0 Å². The van der Waals surface area contributed by atoms with Crippen molar-refractivity contribution in [2.24, 2.45) is 5.92 Å². The van der Waals surface area contributed by atoms with Crippen LogP contribution in [0.3, 0.4) is 0 Å². The second-order valence-electron chi connectivity index (χ2n) is 6.21. The third-order valence-electron chi connectivity index (χ3n) is 4.11. The zero-order valence-corrected chi connectivity index (χ0v) is 15.1. The highest BCUT2D eigenvalue weighted by Gasteiger charge is 2.15. The number of para-hydroxylation sites is 2. The maximum Gasteiger partial charge on any atom is 0.170 e. The molecule has 1 aliphatic heterocycles. The summed E-state index contributed by atoms with van der Waals surface area (Å²) in [4.78, 5) is 2.57. The highest BCUT2D eigenvalue weighted by Crippen LogP contribution is 2.23. The second kappa shape index (κ2) is 9.73. The minimum Gasteiger partial charge on any atom is -0.492 e. The van der Waals surface area contributed by atoms with Gasteiger partial charge in [0.25, 0.3) is 0 Å². The smallest absolute Gasteiger partial charge is 0.170 e. The Kier molecular flexibility index (Phi) is 7.62. The fourth-order valence-electron chi connectivity index (χ4n) is 3.01. The van der Waals surface area contributed by atoms with E-state index in [-0.39, 0.29) is 0 Å². The number of thiocarbonyl (C=S) groups is 1. The predicted octanol–water partition coefficient (Wildman–Crippen LogP) is 3.49. The van der Waals surface area contributed by atoms with Crippen LogP contribution in [0.2, 0.25) is 0 Å². The largest absolute Gasteiger partial charge is 0.492 e. The van der Waals surface area contributed by atoms with Crippen molar-refractivity contribution in [1.82, 2.24) is 10.2 Å². The molecule has 23 heavy (non-hydrogen) atoms. The molecule has 4 nitrogen and oxygen atoms in total. The lowest BCUT2D eigenvalue weighted by Gasteiger charge is -2.30. The number of piperidine rings is 1. The zero-order valence-electron chi connectivity index (χ0n) is 14.3. The molecule has 1 saturated heterocycles. The van der Waals surface area contributed by atoms with E-state index in [1.807, 2.05) is 31.2 Å². The highest BCUT2D eigenvalue weighted by molar-refractivity contribution is 7.80. The molecule has 1 heterocycles. The molecule has 0 saturated carbocycles. The molecule has 0 spiro atoms. The molecule has 1 atom stereocenters. The second-order valence-corrected chi connectivity index (χ2v) is 6.62. The van der Waals surface area contributed by atoms with Crippen LogP contribution in [0, 0.1) is 5.92 Å². The molecule has 0 amide bonds. The van der Waals surface area contributed by atoms with Crippen molar-refractivity contribution in [1.29, 1.82) is 0 Å². The number of nitrogens with one attached hydrogen (secondary N) is 2. The van der Waals surface area contributed by atoms with Gasteiger partial charge in [-0.1, -0.05) is 19.1 Å². The van der Waals surface area contributed by atoms with E-state index in [0.717, 1.165) is 36.9 Å². The van der Waals surface area contributed by atoms with Gasteiger partial charge in [0.05, 0.1) is 12.3 Å². The summed E-state index contributed by atoms with van der Waals surface area (Å²) in [5, 5.41) is 7.17. The van der Waals surface area contributed by atoms with Crippen molar-refractivity contribution < 1.29 is 4.74 Å². The minimum atomic E-state index is 0.646. The molecule has 1 aromatic carbocycles. The van der Waals surface area contributed by atoms with Gasteiger partial charge in [0.15, 0.2) is 5.11 Å². The molecule has 0 bridgehead atoms. The van der Waals surface area contributed by atoms with Crippen LogP contribution in [0.25, 0.3) is 0 Å². The van der Waals surface area contributed by atoms with E-state index >= 15 is 0 Å². The third-order valence-corrected chi connectivity index (χ3v) is 4.36. The summed E-state index contributed by atoms with van der Waals surface area (Å²) in [5.74, 6) is 1.68. The number of rotatable bonds is 7. The lowest BCUT2D eigenvalue weighted by molar-refractivity contribution is 0.182. The van der Waals surface area contributed by atoms with Gasteiger partial charge in [0.1, 0.15) is 5.75 Å². The first-order valence-electron chi connectivity index (χ1n) is 8.68. The first-order chi connectivity index (χ1) is 11.2. The van der Waals surface area contributed by atoms with Crippen molar-refractivity contribution in [2.75, 3.05) is 38.1 Å². The standard InChI is InChI=1S/C18H29N3OS/c1-3-22-17-10-5-4-9-16(17)20-18(23)19-11-7-13-21-12-6-8-15(2)14-21/h4-5,9-10,15H,3,6-8,11-14H2,1-2H3,(H2,19,20,23).